The molecule has 0 unspecified atom stereocenters. The van der Waals surface area contributed by atoms with Crippen LogP contribution in [0.3, 0.4) is 0 Å². The average molecular weight is 287 g/mol. The molecule has 3 rings (SSSR count). The molecular formula is C14H9NO4S. The molecule has 5 nitrogen and oxygen atoms in total. The summed E-state index contributed by atoms with van der Waals surface area (Å²) in [6, 6.07) is 5.31. The summed E-state index contributed by atoms with van der Waals surface area (Å²) in [6.07, 6.45) is 2.67. The van der Waals surface area contributed by atoms with Crippen molar-refractivity contribution in [1.82, 2.24) is 5.32 Å². The van der Waals surface area contributed by atoms with Crippen LogP contribution in [0.2, 0.25) is 0 Å². The minimum atomic E-state index is -0.497. The third-order valence-electron chi connectivity index (χ3n) is 2.88. The van der Waals surface area contributed by atoms with Crippen LogP contribution in [0.25, 0.3) is 17.0 Å². The van der Waals surface area contributed by atoms with Gasteiger partial charge in [0.15, 0.2) is 5.43 Å². The molecule has 0 atom stereocenters. The number of thioether (sulfide) groups is 1. The minimum Gasteiger partial charge on any atom is -0.463 e. The van der Waals surface area contributed by atoms with E-state index in [1.807, 2.05) is 13.0 Å². The van der Waals surface area contributed by atoms with Crippen molar-refractivity contribution in [3.05, 3.63) is 50.7 Å². The zero-order valence-corrected chi connectivity index (χ0v) is 11.2. The highest BCUT2D eigenvalue weighted by Crippen LogP contribution is 2.25. The van der Waals surface area contributed by atoms with Gasteiger partial charge in [0.1, 0.15) is 11.8 Å². The lowest BCUT2D eigenvalue weighted by atomic mass is 10.1. The summed E-state index contributed by atoms with van der Waals surface area (Å²) < 4.78 is 5.38. The molecule has 1 aromatic carbocycles. The summed E-state index contributed by atoms with van der Waals surface area (Å²) in [7, 11) is 0. The van der Waals surface area contributed by atoms with Crippen LogP contribution >= 0.6 is 11.8 Å². The summed E-state index contributed by atoms with van der Waals surface area (Å²) >= 11 is 0.767. The van der Waals surface area contributed by atoms with Gasteiger partial charge in [0.05, 0.1) is 15.9 Å². The van der Waals surface area contributed by atoms with E-state index in [0.717, 1.165) is 17.3 Å². The van der Waals surface area contributed by atoms with Gasteiger partial charge in [0, 0.05) is 0 Å². The minimum absolute atomic E-state index is 0.189. The Morgan fingerprint density at radius 2 is 2.05 bits per heavy atom. The lowest BCUT2D eigenvalue weighted by Gasteiger charge is -2.00. The molecule has 1 aliphatic rings. The van der Waals surface area contributed by atoms with Gasteiger partial charge in [-0.3, -0.25) is 19.7 Å². The number of rotatable bonds is 1. The van der Waals surface area contributed by atoms with Crippen molar-refractivity contribution in [3.63, 3.8) is 0 Å². The van der Waals surface area contributed by atoms with Crippen LogP contribution in [0.4, 0.5) is 4.79 Å². The number of carbonyl (C=O) groups excluding carboxylic acids is 2. The molecule has 0 saturated carbocycles. The van der Waals surface area contributed by atoms with Crippen molar-refractivity contribution in [2.24, 2.45) is 0 Å². The molecule has 2 heterocycles. The molecule has 0 radical (unpaired) electrons. The predicted molar refractivity (Wildman–Crippen MR) is 76.3 cm³/mol. The van der Waals surface area contributed by atoms with Gasteiger partial charge in [-0.05, 0) is 36.9 Å². The fourth-order valence-electron chi connectivity index (χ4n) is 1.92. The summed E-state index contributed by atoms with van der Waals surface area (Å²) in [5.41, 5.74) is 1.45. The van der Waals surface area contributed by atoms with Gasteiger partial charge in [-0.25, -0.2) is 0 Å². The average Bonchev–Trinajstić information content (AvgIpc) is 2.72. The number of nitrogens with one attached hydrogen (secondary N) is 1. The van der Waals surface area contributed by atoms with Crippen LogP contribution in [0.15, 0.2) is 38.6 Å². The van der Waals surface area contributed by atoms with Gasteiger partial charge < -0.3 is 4.42 Å². The number of hydrogen-bond donors (Lipinski definition) is 1. The highest BCUT2D eigenvalue weighted by atomic mass is 32.2. The molecule has 0 bridgehead atoms. The van der Waals surface area contributed by atoms with Crippen molar-refractivity contribution < 1.29 is 14.0 Å². The van der Waals surface area contributed by atoms with E-state index >= 15 is 0 Å². The lowest BCUT2D eigenvalue weighted by Crippen LogP contribution is -2.18. The lowest BCUT2D eigenvalue weighted by molar-refractivity contribution is -0.115. The topological polar surface area (TPSA) is 76.4 Å². The van der Waals surface area contributed by atoms with E-state index < -0.39 is 11.1 Å². The van der Waals surface area contributed by atoms with Crippen LogP contribution < -0.4 is 10.7 Å². The van der Waals surface area contributed by atoms with Gasteiger partial charge in [0.2, 0.25) is 0 Å². The van der Waals surface area contributed by atoms with Gasteiger partial charge in [-0.2, -0.15) is 0 Å². The SMILES string of the molecule is Cc1ccc2occ(/C=C3/SC(=O)NC3=O)c(=O)c2c1. The first-order valence-corrected chi connectivity index (χ1v) is 6.63. The maximum atomic E-state index is 12.3. The second-order valence-electron chi connectivity index (χ2n) is 4.37. The standard InChI is InChI=1S/C14H9NO4S/c1-7-2-3-10-9(4-7)12(16)8(6-19-10)5-11-13(17)15-14(18)20-11/h2-6H,1H3,(H,15,17,18)/b11-5+. The third-order valence-corrected chi connectivity index (χ3v) is 3.69. The van der Waals surface area contributed by atoms with Crippen LogP contribution in [0.5, 0.6) is 0 Å². The Morgan fingerprint density at radius 3 is 2.75 bits per heavy atom. The third kappa shape index (κ3) is 2.14. The molecule has 2 amide bonds. The second-order valence-corrected chi connectivity index (χ2v) is 5.39. The smallest absolute Gasteiger partial charge is 0.290 e. The number of imide groups is 1. The monoisotopic (exact) mass is 287 g/mol. The first-order chi connectivity index (χ1) is 9.54. The number of benzene rings is 1. The molecule has 1 saturated heterocycles. The number of fused-ring (bicyclic) bond motifs is 1. The Hall–Kier alpha value is -2.34. The largest absolute Gasteiger partial charge is 0.463 e. The summed E-state index contributed by atoms with van der Waals surface area (Å²) in [5, 5.41) is 2.15. The Bertz CT molecular complexity index is 835. The Morgan fingerprint density at radius 1 is 1.25 bits per heavy atom. The Kier molecular flexibility index (Phi) is 2.94. The highest BCUT2D eigenvalue weighted by Gasteiger charge is 2.25. The van der Waals surface area contributed by atoms with Gasteiger partial charge in [-0.15, -0.1) is 0 Å². The fraction of sp³-hybridized carbons (Fsp3) is 0.0714. The van der Waals surface area contributed by atoms with E-state index in [2.05, 4.69) is 5.32 Å². The summed E-state index contributed by atoms with van der Waals surface area (Å²) in [6.45, 7) is 1.88. The Balaban J connectivity index is 2.16. The van der Waals surface area contributed by atoms with Gasteiger partial charge in [-0.1, -0.05) is 11.6 Å². The zero-order valence-electron chi connectivity index (χ0n) is 10.4. The number of aryl methyl sites for hydroxylation is 1. The van der Waals surface area contributed by atoms with E-state index in [-0.39, 0.29) is 15.9 Å². The van der Waals surface area contributed by atoms with Crippen LogP contribution in [0.1, 0.15) is 11.1 Å². The molecule has 2 aromatic rings. The fourth-order valence-corrected chi connectivity index (χ4v) is 2.59. The summed E-state index contributed by atoms with van der Waals surface area (Å²) in [5.74, 6) is -0.497. The molecule has 1 aromatic heterocycles. The maximum absolute atomic E-state index is 12.3. The molecule has 1 N–H and O–H groups in total. The van der Waals surface area contributed by atoms with Crippen molar-refractivity contribution in [2.45, 2.75) is 6.92 Å². The van der Waals surface area contributed by atoms with Crippen molar-refractivity contribution in [1.29, 1.82) is 0 Å². The zero-order chi connectivity index (χ0) is 14.3. The first kappa shape index (κ1) is 12.7. The molecule has 6 heteroatoms. The quantitative estimate of drug-likeness (QED) is 0.815. The molecular weight excluding hydrogens is 278 g/mol. The molecule has 100 valence electrons. The Labute approximate surface area is 117 Å². The normalized spacial score (nSPS) is 16.9. The van der Waals surface area contributed by atoms with Crippen molar-refractivity contribution in [2.75, 3.05) is 0 Å². The number of amides is 2. The van der Waals surface area contributed by atoms with E-state index in [1.165, 1.54) is 12.3 Å². The van der Waals surface area contributed by atoms with E-state index in [0.29, 0.717) is 11.0 Å². The van der Waals surface area contributed by atoms with Gasteiger partial charge in [0.25, 0.3) is 11.1 Å². The molecule has 0 aliphatic carbocycles. The molecule has 1 aliphatic heterocycles. The first-order valence-electron chi connectivity index (χ1n) is 5.81. The van der Waals surface area contributed by atoms with Crippen molar-refractivity contribution >= 4 is 40.0 Å². The number of hydrogen-bond acceptors (Lipinski definition) is 5. The molecule has 1 fully saturated rings. The van der Waals surface area contributed by atoms with Crippen molar-refractivity contribution in [3.8, 4) is 0 Å². The maximum Gasteiger partial charge on any atom is 0.290 e. The van der Waals surface area contributed by atoms with E-state index in [4.69, 9.17) is 4.42 Å². The molecule has 20 heavy (non-hydrogen) atoms. The second kappa shape index (κ2) is 4.64. The van der Waals surface area contributed by atoms with E-state index in [9.17, 15) is 14.4 Å². The van der Waals surface area contributed by atoms with E-state index in [1.54, 1.807) is 12.1 Å². The summed E-state index contributed by atoms with van der Waals surface area (Å²) in [4.78, 5) is 35.1. The van der Waals surface area contributed by atoms with Crippen LogP contribution in [-0.4, -0.2) is 11.1 Å². The highest BCUT2D eigenvalue weighted by molar-refractivity contribution is 8.18. The predicted octanol–water partition coefficient (Wildman–Crippen LogP) is 2.43. The van der Waals surface area contributed by atoms with Gasteiger partial charge >= 0.3 is 0 Å². The number of carbonyl (C=O) groups is 2. The molecule has 0 spiro atoms. The van der Waals surface area contributed by atoms with Crippen LogP contribution in [0, 0.1) is 6.92 Å². The van der Waals surface area contributed by atoms with Crippen LogP contribution in [-0.2, 0) is 4.79 Å².